The van der Waals surface area contributed by atoms with Crippen molar-refractivity contribution in [2.45, 2.75) is 6.04 Å². The normalized spacial score (nSPS) is 12.2. The van der Waals surface area contributed by atoms with E-state index in [1.165, 1.54) is 25.3 Å². The molecule has 0 amide bonds. The quantitative estimate of drug-likeness (QED) is 0.562. The second kappa shape index (κ2) is 4.72. The monoisotopic (exact) mass is 212 g/mol. The van der Waals surface area contributed by atoms with Crippen LogP contribution < -0.4 is 10.5 Å². The maximum Gasteiger partial charge on any atom is 0.310 e. The van der Waals surface area contributed by atoms with E-state index in [2.05, 4.69) is 0 Å². The first kappa shape index (κ1) is 11.4. The number of rotatable bonds is 4. The number of ether oxygens (including phenoxy) is 1. The summed E-state index contributed by atoms with van der Waals surface area (Å²) >= 11 is 0. The lowest BCUT2D eigenvalue weighted by Crippen LogP contribution is -2.14. The van der Waals surface area contributed by atoms with Crippen molar-refractivity contribution in [3.8, 4) is 5.75 Å². The summed E-state index contributed by atoms with van der Waals surface area (Å²) in [6.07, 6.45) is 0. The van der Waals surface area contributed by atoms with Gasteiger partial charge in [0, 0.05) is 6.07 Å². The summed E-state index contributed by atoms with van der Waals surface area (Å²) in [5.41, 5.74) is 6.05. The summed E-state index contributed by atoms with van der Waals surface area (Å²) in [7, 11) is 1.34. The fourth-order valence-corrected chi connectivity index (χ4v) is 1.18. The number of hydrogen-bond donors (Lipinski definition) is 2. The van der Waals surface area contributed by atoms with Gasteiger partial charge in [-0.05, 0) is 11.6 Å². The lowest BCUT2D eigenvalue weighted by Gasteiger charge is -2.09. The number of aliphatic hydroxyl groups is 1. The van der Waals surface area contributed by atoms with Gasteiger partial charge in [-0.15, -0.1) is 0 Å². The standard InChI is InChI=1S/C9H12N2O4/c1-15-9-4-6(7(10)5-12)2-3-8(9)11(13)14/h2-4,7,12H,5,10H2,1H3/t7-/m0/s1. The van der Waals surface area contributed by atoms with Crippen molar-refractivity contribution in [2.75, 3.05) is 13.7 Å². The molecule has 0 aliphatic heterocycles. The molecule has 1 rings (SSSR count). The van der Waals surface area contributed by atoms with Gasteiger partial charge < -0.3 is 15.6 Å². The van der Waals surface area contributed by atoms with Gasteiger partial charge in [0.25, 0.3) is 0 Å². The molecule has 1 atom stereocenters. The number of nitrogens with zero attached hydrogens (tertiary/aromatic N) is 1. The van der Waals surface area contributed by atoms with Gasteiger partial charge in [0.1, 0.15) is 0 Å². The van der Waals surface area contributed by atoms with E-state index in [4.69, 9.17) is 15.6 Å². The zero-order valence-corrected chi connectivity index (χ0v) is 8.21. The van der Waals surface area contributed by atoms with Gasteiger partial charge in [-0.3, -0.25) is 10.1 Å². The molecule has 0 aliphatic rings. The average Bonchev–Trinajstić information content (AvgIpc) is 2.26. The third kappa shape index (κ3) is 2.42. The molecule has 0 saturated carbocycles. The van der Waals surface area contributed by atoms with E-state index < -0.39 is 11.0 Å². The fourth-order valence-electron chi connectivity index (χ4n) is 1.18. The van der Waals surface area contributed by atoms with Gasteiger partial charge in [0.2, 0.25) is 0 Å². The van der Waals surface area contributed by atoms with Gasteiger partial charge in [-0.1, -0.05) is 6.07 Å². The predicted octanol–water partition coefficient (Wildman–Crippen LogP) is 0.595. The Hall–Kier alpha value is -1.66. The minimum Gasteiger partial charge on any atom is -0.490 e. The van der Waals surface area contributed by atoms with Crippen LogP contribution in [0.4, 0.5) is 5.69 Å². The maximum absolute atomic E-state index is 10.6. The largest absolute Gasteiger partial charge is 0.490 e. The molecule has 1 aromatic carbocycles. The molecule has 1 aromatic rings. The smallest absolute Gasteiger partial charge is 0.310 e. The van der Waals surface area contributed by atoms with Crippen molar-refractivity contribution in [1.82, 2.24) is 0 Å². The van der Waals surface area contributed by atoms with Crippen LogP contribution in [-0.2, 0) is 0 Å². The number of methoxy groups -OCH3 is 1. The fraction of sp³-hybridized carbons (Fsp3) is 0.333. The number of nitro benzene ring substituents is 1. The highest BCUT2D eigenvalue weighted by Gasteiger charge is 2.16. The maximum atomic E-state index is 10.6. The van der Waals surface area contributed by atoms with Crippen molar-refractivity contribution in [3.63, 3.8) is 0 Å². The van der Waals surface area contributed by atoms with Gasteiger partial charge in [-0.2, -0.15) is 0 Å². The van der Waals surface area contributed by atoms with Crippen LogP contribution in [0.3, 0.4) is 0 Å². The summed E-state index contributed by atoms with van der Waals surface area (Å²) in [4.78, 5) is 10.0. The zero-order valence-electron chi connectivity index (χ0n) is 8.21. The third-order valence-electron chi connectivity index (χ3n) is 2.03. The van der Waals surface area contributed by atoms with Crippen molar-refractivity contribution in [1.29, 1.82) is 0 Å². The molecular weight excluding hydrogens is 200 g/mol. The summed E-state index contributed by atoms with van der Waals surface area (Å²) < 4.78 is 4.86. The molecule has 0 bridgehead atoms. The van der Waals surface area contributed by atoms with Crippen LogP contribution in [-0.4, -0.2) is 23.7 Å². The summed E-state index contributed by atoms with van der Waals surface area (Å²) in [6, 6.07) is 3.71. The van der Waals surface area contributed by atoms with Crippen molar-refractivity contribution < 1.29 is 14.8 Å². The lowest BCUT2D eigenvalue weighted by atomic mass is 10.1. The van der Waals surface area contributed by atoms with Crippen LogP contribution in [0.2, 0.25) is 0 Å². The lowest BCUT2D eigenvalue weighted by molar-refractivity contribution is -0.385. The highest BCUT2D eigenvalue weighted by molar-refractivity contribution is 5.49. The minimum atomic E-state index is -0.556. The predicted molar refractivity (Wildman–Crippen MR) is 53.7 cm³/mol. The Morgan fingerprint density at radius 1 is 1.67 bits per heavy atom. The molecule has 3 N–H and O–H groups in total. The third-order valence-corrected chi connectivity index (χ3v) is 2.03. The Kier molecular flexibility index (Phi) is 3.59. The topological polar surface area (TPSA) is 98.6 Å². The molecule has 6 nitrogen and oxygen atoms in total. The summed E-state index contributed by atoms with van der Waals surface area (Å²) in [6.45, 7) is -0.221. The average molecular weight is 212 g/mol. The Morgan fingerprint density at radius 2 is 2.33 bits per heavy atom. The van der Waals surface area contributed by atoms with E-state index in [0.717, 1.165) is 0 Å². The molecule has 0 fully saturated rings. The molecule has 0 saturated heterocycles. The molecule has 0 aromatic heterocycles. The number of nitrogens with two attached hydrogens (primary N) is 1. The summed E-state index contributed by atoms with van der Waals surface area (Å²) in [5.74, 6) is 0.140. The SMILES string of the molecule is COc1cc([C@@H](N)CO)ccc1[N+](=O)[O-]. The number of aliphatic hydroxyl groups excluding tert-OH is 1. The first-order valence-electron chi connectivity index (χ1n) is 4.29. The number of nitro groups is 1. The molecule has 0 aliphatic carbocycles. The van der Waals surface area contributed by atoms with E-state index in [1.807, 2.05) is 0 Å². The van der Waals surface area contributed by atoms with E-state index in [9.17, 15) is 10.1 Å². The van der Waals surface area contributed by atoms with Crippen LogP contribution in [0.25, 0.3) is 0 Å². The van der Waals surface area contributed by atoms with Crippen molar-refractivity contribution >= 4 is 5.69 Å². The molecular formula is C9H12N2O4. The van der Waals surface area contributed by atoms with Crippen LogP contribution in [0.1, 0.15) is 11.6 Å². The highest BCUT2D eigenvalue weighted by Crippen LogP contribution is 2.29. The van der Waals surface area contributed by atoms with Crippen molar-refractivity contribution in [2.24, 2.45) is 5.73 Å². The van der Waals surface area contributed by atoms with E-state index >= 15 is 0 Å². The van der Waals surface area contributed by atoms with Crippen LogP contribution in [0.15, 0.2) is 18.2 Å². The van der Waals surface area contributed by atoms with Crippen molar-refractivity contribution in [3.05, 3.63) is 33.9 Å². The Balaban J connectivity index is 3.13. The van der Waals surface area contributed by atoms with Crippen LogP contribution in [0.5, 0.6) is 5.75 Å². The number of hydrogen-bond acceptors (Lipinski definition) is 5. The zero-order chi connectivity index (χ0) is 11.4. The minimum absolute atomic E-state index is 0.119. The van der Waals surface area contributed by atoms with E-state index in [-0.39, 0.29) is 18.0 Å². The summed E-state index contributed by atoms with van der Waals surface area (Å²) in [5, 5.41) is 19.4. The van der Waals surface area contributed by atoms with Gasteiger partial charge in [-0.25, -0.2) is 0 Å². The highest BCUT2D eigenvalue weighted by atomic mass is 16.6. The second-order valence-corrected chi connectivity index (χ2v) is 2.98. The first-order chi connectivity index (χ1) is 7.10. The van der Waals surface area contributed by atoms with Crippen LogP contribution in [0, 0.1) is 10.1 Å². The molecule has 0 unspecified atom stereocenters. The number of benzene rings is 1. The molecule has 82 valence electrons. The van der Waals surface area contributed by atoms with Gasteiger partial charge in [0.05, 0.1) is 24.7 Å². The first-order valence-corrected chi connectivity index (χ1v) is 4.29. The van der Waals surface area contributed by atoms with E-state index in [1.54, 1.807) is 0 Å². The van der Waals surface area contributed by atoms with Gasteiger partial charge in [0.15, 0.2) is 5.75 Å². The Morgan fingerprint density at radius 3 is 2.80 bits per heavy atom. The second-order valence-electron chi connectivity index (χ2n) is 2.98. The molecule has 0 radical (unpaired) electrons. The Labute approximate surface area is 86.4 Å². The molecule has 6 heteroatoms. The van der Waals surface area contributed by atoms with Gasteiger partial charge >= 0.3 is 5.69 Å². The molecule has 0 spiro atoms. The molecule has 0 heterocycles. The Bertz CT molecular complexity index is 367. The van der Waals surface area contributed by atoms with Crippen LogP contribution >= 0.6 is 0 Å². The molecule has 15 heavy (non-hydrogen) atoms. The van der Waals surface area contributed by atoms with E-state index in [0.29, 0.717) is 5.56 Å².